The van der Waals surface area contributed by atoms with Crippen LogP contribution in [0.5, 0.6) is 5.75 Å². The van der Waals surface area contributed by atoms with E-state index in [9.17, 15) is 9.90 Å². The molecule has 0 fully saturated rings. The van der Waals surface area contributed by atoms with E-state index in [-0.39, 0.29) is 5.92 Å². The third-order valence-corrected chi connectivity index (χ3v) is 4.03. The summed E-state index contributed by atoms with van der Waals surface area (Å²) in [7, 11) is 1.63. The number of aromatic nitrogens is 1. The Labute approximate surface area is 122 Å². The molecule has 1 N–H and O–H groups in total. The van der Waals surface area contributed by atoms with Gasteiger partial charge in [-0.1, -0.05) is 32.0 Å². The van der Waals surface area contributed by atoms with E-state index >= 15 is 0 Å². The van der Waals surface area contributed by atoms with E-state index in [1.807, 2.05) is 38.1 Å². The number of benzene rings is 1. The normalized spacial score (nSPS) is 10.8. The minimum Gasteiger partial charge on any atom is -0.496 e. The second-order valence-corrected chi connectivity index (χ2v) is 5.85. The molecular formula is C15H17NO3S. The van der Waals surface area contributed by atoms with Gasteiger partial charge in [0.2, 0.25) is 0 Å². The van der Waals surface area contributed by atoms with Gasteiger partial charge in [0, 0.05) is 12.0 Å². The molecule has 4 nitrogen and oxygen atoms in total. The van der Waals surface area contributed by atoms with Crippen LogP contribution in [0.3, 0.4) is 0 Å². The highest BCUT2D eigenvalue weighted by molar-refractivity contribution is 7.13. The number of para-hydroxylation sites is 1. The summed E-state index contributed by atoms with van der Waals surface area (Å²) in [5.74, 6) is -0.00748. The number of thiazole rings is 1. The highest BCUT2D eigenvalue weighted by Crippen LogP contribution is 2.28. The van der Waals surface area contributed by atoms with Crippen molar-refractivity contribution in [3.8, 4) is 5.75 Å². The van der Waals surface area contributed by atoms with Crippen molar-refractivity contribution in [3.63, 3.8) is 0 Å². The van der Waals surface area contributed by atoms with Crippen LogP contribution in [0.4, 0.5) is 0 Å². The first-order chi connectivity index (χ1) is 9.52. The van der Waals surface area contributed by atoms with Gasteiger partial charge in [-0.05, 0) is 12.0 Å². The molecule has 0 bridgehead atoms. The van der Waals surface area contributed by atoms with Gasteiger partial charge >= 0.3 is 5.97 Å². The minimum atomic E-state index is -0.905. The lowest BCUT2D eigenvalue weighted by Crippen LogP contribution is -2.00. The SMILES string of the molecule is COc1ccccc1Cc1nc(C(C)C)c(C(=O)O)s1. The molecule has 0 unspecified atom stereocenters. The molecule has 2 aromatic rings. The summed E-state index contributed by atoms with van der Waals surface area (Å²) in [6, 6.07) is 7.71. The van der Waals surface area contributed by atoms with E-state index in [0.29, 0.717) is 17.0 Å². The van der Waals surface area contributed by atoms with Crippen LogP contribution in [0.2, 0.25) is 0 Å². The molecule has 2 rings (SSSR count). The van der Waals surface area contributed by atoms with Crippen molar-refractivity contribution < 1.29 is 14.6 Å². The topological polar surface area (TPSA) is 59.4 Å². The minimum absolute atomic E-state index is 0.101. The fourth-order valence-electron chi connectivity index (χ4n) is 2.01. The molecule has 0 aliphatic rings. The zero-order chi connectivity index (χ0) is 14.7. The summed E-state index contributed by atoms with van der Waals surface area (Å²) in [6.45, 7) is 3.91. The summed E-state index contributed by atoms with van der Waals surface area (Å²) in [4.78, 5) is 16.1. The predicted molar refractivity (Wildman–Crippen MR) is 79.0 cm³/mol. The predicted octanol–water partition coefficient (Wildman–Crippen LogP) is 3.56. The number of rotatable bonds is 5. The van der Waals surface area contributed by atoms with E-state index in [1.165, 1.54) is 11.3 Å². The molecule has 106 valence electrons. The summed E-state index contributed by atoms with van der Waals surface area (Å²) < 4.78 is 5.31. The van der Waals surface area contributed by atoms with Crippen LogP contribution in [0.15, 0.2) is 24.3 Å². The third kappa shape index (κ3) is 2.99. The van der Waals surface area contributed by atoms with Crippen LogP contribution >= 0.6 is 11.3 Å². The molecule has 5 heteroatoms. The first-order valence-electron chi connectivity index (χ1n) is 6.37. The van der Waals surface area contributed by atoms with Crippen LogP contribution in [-0.2, 0) is 6.42 Å². The van der Waals surface area contributed by atoms with Crippen molar-refractivity contribution in [1.29, 1.82) is 0 Å². The van der Waals surface area contributed by atoms with E-state index in [0.717, 1.165) is 16.3 Å². The van der Waals surface area contributed by atoms with Crippen molar-refractivity contribution in [3.05, 3.63) is 45.4 Å². The molecule has 0 atom stereocenters. The lowest BCUT2D eigenvalue weighted by Gasteiger charge is -2.06. The second-order valence-electron chi connectivity index (χ2n) is 4.77. The standard InChI is InChI=1S/C15H17NO3S/c1-9(2)13-14(15(17)18)20-12(16-13)8-10-6-4-5-7-11(10)19-3/h4-7,9H,8H2,1-3H3,(H,17,18). The lowest BCUT2D eigenvalue weighted by atomic mass is 10.1. The zero-order valence-corrected chi connectivity index (χ0v) is 12.5. The van der Waals surface area contributed by atoms with Gasteiger partial charge in [0.05, 0.1) is 17.8 Å². The van der Waals surface area contributed by atoms with Crippen LogP contribution < -0.4 is 4.74 Å². The Bertz CT molecular complexity index is 619. The Kier molecular flexibility index (Phi) is 4.39. The molecule has 0 amide bonds. The van der Waals surface area contributed by atoms with Crippen molar-refractivity contribution in [2.24, 2.45) is 0 Å². The van der Waals surface area contributed by atoms with E-state index in [1.54, 1.807) is 7.11 Å². The van der Waals surface area contributed by atoms with Crippen molar-refractivity contribution in [2.75, 3.05) is 7.11 Å². The van der Waals surface area contributed by atoms with Gasteiger partial charge in [0.1, 0.15) is 10.6 Å². The zero-order valence-electron chi connectivity index (χ0n) is 11.7. The number of hydrogen-bond acceptors (Lipinski definition) is 4. The second kappa shape index (κ2) is 6.05. The Hall–Kier alpha value is -1.88. The number of methoxy groups -OCH3 is 1. The average molecular weight is 291 g/mol. The number of carbonyl (C=O) groups is 1. The lowest BCUT2D eigenvalue weighted by molar-refractivity contribution is 0.0700. The van der Waals surface area contributed by atoms with E-state index in [2.05, 4.69) is 4.98 Å². The first-order valence-corrected chi connectivity index (χ1v) is 7.19. The Morgan fingerprint density at radius 1 is 1.40 bits per heavy atom. The molecule has 1 heterocycles. The summed E-state index contributed by atoms with van der Waals surface area (Å²) in [5.41, 5.74) is 1.67. The van der Waals surface area contributed by atoms with Gasteiger partial charge < -0.3 is 9.84 Å². The molecule has 0 radical (unpaired) electrons. The highest BCUT2D eigenvalue weighted by Gasteiger charge is 2.20. The summed E-state index contributed by atoms with van der Waals surface area (Å²) >= 11 is 1.24. The number of aromatic carboxylic acids is 1. The summed E-state index contributed by atoms with van der Waals surface area (Å²) in [6.07, 6.45) is 0.585. The number of carboxylic acids is 1. The van der Waals surface area contributed by atoms with Crippen LogP contribution in [0, 0.1) is 0 Å². The molecule has 1 aromatic heterocycles. The first kappa shape index (κ1) is 14.5. The van der Waals surface area contributed by atoms with Crippen molar-refractivity contribution >= 4 is 17.3 Å². The maximum Gasteiger partial charge on any atom is 0.347 e. The number of carboxylic acid groups (broad SMARTS) is 1. The van der Waals surface area contributed by atoms with Crippen molar-refractivity contribution in [1.82, 2.24) is 4.98 Å². The van der Waals surface area contributed by atoms with Crippen LogP contribution in [0.25, 0.3) is 0 Å². The fraction of sp³-hybridized carbons (Fsp3) is 0.333. The molecule has 0 saturated carbocycles. The molecule has 0 spiro atoms. The average Bonchev–Trinajstić information content (AvgIpc) is 2.84. The molecular weight excluding hydrogens is 274 g/mol. The maximum absolute atomic E-state index is 11.3. The van der Waals surface area contributed by atoms with Gasteiger partial charge in [-0.2, -0.15) is 0 Å². The molecule has 1 aromatic carbocycles. The van der Waals surface area contributed by atoms with Gasteiger partial charge in [-0.15, -0.1) is 11.3 Å². The Morgan fingerprint density at radius 2 is 2.10 bits per heavy atom. The smallest absolute Gasteiger partial charge is 0.347 e. The number of ether oxygens (including phenoxy) is 1. The number of nitrogens with zero attached hydrogens (tertiary/aromatic N) is 1. The monoisotopic (exact) mass is 291 g/mol. The Morgan fingerprint density at radius 3 is 2.65 bits per heavy atom. The molecule has 20 heavy (non-hydrogen) atoms. The van der Waals surface area contributed by atoms with Crippen LogP contribution in [0.1, 0.15) is 45.7 Å². The van der Waals surface area contributed by atoms with E-state index < -0.39 is 5.97 Å². The van der Waals surface area contributed by atoms with E-state index in [4.69, 9.17) is 4.74 Å². The largest absolute Gasteiger partial charge is 0.496 e. The van der Waals surface area contributed by atoms with Gasteiger partial charge in [0.15, 0.2) is 0 Å². The Balaban J connectivity index is 2.35. The maximum atomic E-state index is 11.3. The van der Waals surface area contributed by atoms with Gasteiger partial charge in [0.25, 0.3) is 0 Å². The van der Waals surface area contributed by atoms with Gasteiger partial charge in [-0.3, -0.25) is 0 Å². The fourth-order valence-corrected chi connectivity index (χ4v) is 3.09. The van der Waals surface area contributed by atoms with Gasteiger partial charge in [-0.25, -0.2) is 9.78 Å². The van der Waals surface area contributed by atoms with Crippen molar-refractivity contribution in [2.45, 2.75) is 26.2 Å². The quantitative estimate of drug-likeness (QED) is 0.915. The summed E-state index contributed by atoms with van der Waals surface area (Å²) in [5, 5.41) is 10.0. The molecule has 0 aliphatic carbocycles. The highest BCUT2D eigenvalue weighted by atomic mass is 32.1. The number of hydrogen-bond donors (Lipinski definition) is 1. The third-order valence-electron chi connectivity index (χ3n) is 2.97. The van der Waals surface area contributed by atoms with Crippen LogP contribution in [-0.4, -0.2) is 23.2 Å². The molecule has 0 aliphatic heterocycles. The molecule has 0 saturated heterocycles.